The van der Waals surface area contributed by atoms with Crippen molar-refractivity contribution in [3.05, 3.63) is 27.2 Å². The fraction of sp³-hybridized carbons (Fsp3) is 0.600. The van der Waals surface area contributed by atoms with Crippen LogP contribution in [0.25, 0.3) is 0 Å². The highest BCUT2D eigenvalue weighted by Gasteiger charge is 2.38. The molecule has 2 rings (SSSR count). The summed E-state index contributed by atoms with van der Waals surface area (Å²) in [6.07, 6.45) is 1.62. The molecule has 0 spiro atoms. The van der Waals surface area contributed by atoms with Crippen LogP contribution in [0.5, 0.6) is 0 Å². The van der Waals surface area contributed by atoms with Gasteiger partial charge >= 0.3 is 0 Å². The number of nitrogens with zero attached hydrogens (tertiary/aromatic N) is 2. The first kappa shape index (κ1) is 20.2. The maximum atomic E-state index is 13.1. The quantitative estimate of drug-likeness (QED) is 0.685. The number of rotatable bonds is 7. The molecule has 1 heterocycles. The van der Waals surface area contributed by atoms with E-state index in [1.165, 1.54) is 16.4 Å². The zero-order chi connectivity index (χ0) is 17.9. The van der Waals surface area contributed by atoms with Gasteiger partial charge in [0, 0.05) is 37.8 Å². The third-order valence-electron chi connectivity index (χ3n) is 4.05. The summed E-state index contributed by atoms with van der Waals surface area (Å²) in [5.74, 6) is 0. The highest BCUT2D eigenvalue weighted by molar-refractivity contribution is 7.89. The standard InChI is InChI=1S/C15H21Cl3N2O3S/c1-19(6-7-23-2)10-12-4-3-5-20(12)24(21,22)15-13(17)8-11(16)9-14(15)18/h8-9,12H,3-7,10H2,1-2H3/t12-/m0/s1. The van der Waals surface area contributed by atoms with Gasteiger partial charge in [-0.1, -0.05) is 34.8 Å². The highest BCUT2D eigenvalue weighted by atomic mass is 35.5. The van der Waals surface area contributed by atoms with Crippen molar-refractivity contribution < 1.29 is 13.2 Å². The van der Waals surface area contributed by atoms with E-state index in [-0.39, 0.29) is 21.0 Å². The maximum Gasteiger partial charge on any atom is 0.246 e. The van der Waals surface area contributed by atoms with Gasteiger partial charge in [-0.15, -0.1) is 0 Å². The highest BCUT2D eigenvalue weighted by Crippen LogP contribution is 2.37. The van der Waals surface area contributed by atoms with Gasteiger partial charge in [-0.2, -0.15) is 4.31 Å². The average molecular weight is 416 g/mol. The third kappa shape index (κ3) is 4.55. The van der Waals surface area contributed by atoms with Gasteiger partial charge in [0.2, 0.25) is 10.0 Å². The minimum Gasteiger partial charge on any atom is -0.383 e. The van der Waals surface area contributed by atoms with E-state index in [1.54, 1.807) is 7.11 Å². The van der Waals surface area contributed by atoms with Crippen LogP contribution in [0.2, 0.25) is 15.1 Å². The van der Waals surface area contributed by atoms with Gasteiger partial charge < -0.3 is 9.64 Å². The average Bonchev–Trinajstić information content (AvgIpc) is 2.92. The van der Waals surface area contributed by atoms with Crippen LogP contribution < -0.4 is 0 Å². The fourth-order valence-corrected chi connectivity index (χ4v) is 6.08. The summed E-state index contributed by atoms with van der Waals surface area (Å²) in [6.45, 7) is 2.43. The van der Waals surface area contributed by atoms with E-state index in [2.05, 4.69) is 4.90 Å². The van der Waals surface area contributed by atoms with Crippen molar-refractivity contribution in [3.8, 4) is 0 Å². The van der Waals surface area contributed by atoms with Crippen LogP contribution >= 0.6 is 34.8 Å². The summed E-state index contributed by atoms with van der Waals surface area (Å²) in [4.78, 5) is 1.99. The van der Waals surface area contributed by atoms with E-state index in [4.69, 9.17) is 39.5 Å². The van der Waals surface area contributed by atoms with Crippen LogP contribution in [0.4, 0.5) is 0 Å². The van der Waals surface area contributed by atoms with Crippen LogP contribution in [0.3, 0.4) is 0 Å². The Morgan fingerprint density at radius 2 is 1.92 bits per heavy atom. The number of benzene rings is 1. The second-order valence-electron chi connectivity index (χ2n) is 5.87. The molecular formula is C15H21Cl3N2O3S. The molecule has 9 heteroatoms. The molecule has 1 aromatic rings. The van der Waals surface area contributed by atoms with Crippen LogP contribution in [0, 0.1) is 0 Å². The monoisotopic (exact) mass is 414 g/mol. The molecule has 1 aliphatic rings. The summed E-state index contributed by atoms with van der Waals surface area (Å²) < 4.78 is 32.7. The van der Waals surface area contributed by atoms with E-state index in [0.717, 1.165) is 19.4 Å². The van der Waals surface area contributed by atoms with Crippen molar-refractivity contribution in [2.45, 2.75) is 23.8 Å². The molecule has 1 aliphatic heterocycles. The van der Waals surface area contributed by atoms with Gasteiger partial charge in [0.15, 0.2) is 0 Å². The molecule has 0 radical (unpaired) electrons. The Morgan fingerprint density at radius 1 is 1.29 bits per heavy atom. The lowest BCUT2D eigenvalue weighted by atomic mass is 10.2. The van der Waals surface area contributed by atoms with Crippen molar-refractivity contribution in [2.75, 3.05) is 40.4 Å². The molecule has 0 aliphatic carbocycles. The molecule has 1 fully saturated rings. The Balaban J connectivity index is 2.25. The topological polar surface area (TPSA) is 49.9 Å². The second-order valence-corrected chi connectivity index (χ2v) is 8.94. The molecule has 0 amide bonds. The van der Waals surface area contributed by atoms with E-state index < -0.39 is 10.0 Å². The van der Waals surface area contributed by atoms with E-state index >= 15 is 0 Å². The van der Waals surface area contributed by atoms with Crippen molar-refractivity contribution in [2.24, 2.45) is 0 Å². The molecule has 1 saturated heterocycles. The van der Waals surface area contributed by atoms with E-state index in [0.29, 0.717) is 24.7 Å². The zero-order valence-electron chi connectivity index (χ0n) is 13.6. The first-order valence-electron chi connectivity index (χ1n) is 7.61. The number of sulfonamides is 1. The Labute approximate surface area is 158 Å². The number of hydrogen-bond acceptors (Lipinski definition) is 4. The minimum absolute atomic E-state index is 0.0471. The molecule has 1 atom stereocenters. The van der Waals surface area contributed by atoms with Gasteiger partial charge in [0.25, 0.3) is 0 Å². The minimum atomic E-state index is -3.78. The lowest BCUT2D eigenvalue weighted by Crippen LogP contribution is -2.43. The molecule has 24 heavy (non-hydrogen) atoms. The molecule has 0 unspecified atom stereocenters. The lowest BCUT2D eigenvalue weighted by Gasteiger charge is -2.28. The molecule has 1 aromatic carbocycles. The SMILES string of the molecule is COCCN(C)C[C@@H]1CCCN1S(=O)(=O)c1c(Cl)cc(Cl)cc1Cl. The van der Waals surface area contributed by atoms with Gasteiger partial charge in [-0.3, -0.25) is 0 Å². The summed E-state index contributed by atoms with van der Waals surface area (Å²) in [5, 5.41) is 0.401. The van der Waals surface area contributed by atoms with E-state index in [1.807, 2.05) is 7.05 Å². The Hall–Kier alpha value is -0.0800. The molecule has 0 aromatic heterocycles. The van der Waals surface area contributed by atoms with Crippen LogP contribution in [-0.4, -0.2) is 64.1 Å². The summed E-state index contributed by atoms with van der Waals surface area (Å²) in [7, 11) is -0.187. The Morgan fingerprint density at radius 3 is 2.50 bits per heavy atom. The second kappa shape index (κ2) is 8.54. The molecule has 5 nitrogen and oxygen atoms in total. The summed E-state index contributed by atoms with van der Waals surface area (Å²) in [6, 6.07) is 2.69. The van der Waals surface area contributed by atoms with Crippen LogP contribution in [0.15, 0.2) is 17.0 Å². The number of likely N-dealkylation sites (N-methyl/N-ethyl adjacent to an activating group) is 1. The smallest absolute Gasteiger partial charge is 0.246 e. The number of methoxy groups -OCH3 is 1. The first-order chi connectivity index (χ1) is 11.3. The van der Waals surface area contributed by atoms with Gasteiger partial charge in [-0.25, -0.2) is 8.42 Å². The predicted octanol–water partition coefficient (Wildman–Crippen LogP) is 3.38. The number of hydrogen-bond donors (Lipinski definition) is 0. The fourth-order valence-electron chi connectivity index (χ4n) is 2.90. The Bertz CT molecular complexity index is 662. The number of halogens is 3. The zero-order valence-corrected chi connectivity index (χ0v) is 16.7. The lowest BCUT2D eigenvalue weighted by molar-refractivity contribution is 0.151. The Kier molecular flexibility index (Phi) is 7.20. The molecule has 0 saturated carbocycles. The first-order valence-corrected chi connectivity index (χ1v) is 10.2. The van der Waals surface area contributed by atoms with Crippen LogP contribution in [0.1, 0.15) is 12.8 Å². The van der Waals surface area contributed by atoms with Gasteiger partial charge in [0.1, 0.15) is 4.90 Å². The van der Waals surface area contributed by atoms with Gasteiger partial charge in [-0.05, 0) is 32.0 Å². The summed E-state index contributed by atoms with van der Waals surface area (Å²) in [5.41, 5.74) is 0. The predicted molar refractivity (Wildman–Crippen MR) is 97.8 cm³/mol. The summed E-state index contributed by atoms with van der Waals surface area (Å²) >= 11 is 18.1. The molecular weight excluding hydrogens is 395 g/mol. The van der Waals surface area contributed by atoms with E-state index in [9.17, 15) is 8.42 Å². The van der Waals surface area contributed by atoms with Gasteiger partial charge in [0.05, 0.1) is 16.7 Å². The maximum absolute atomic E-state index is 13.1. The van der Waals surface area contributed by atoms with Crippen molar-refractivity contribution >= 4 is 44.8 Å². The largest absolute Gasteiger partial charge is 0.383 e. The van der Waals surface area contributed by atoms with Crippen LogP contribution in [-0.2, 0) is 14.8 Å². The van der Waals surface area contributed by atoms with Crippen molar-refractivity contribution in [1.82, 2.24) is 9.21 Å². The number of ether oxygens (including phenoxy) is 1. The normalized spacial score (nSPS) is 19.3. The third-order valence-corrected chi connectivity index (χ3v) is 7.14. The van der Waals surface area contributed by atoms with Crippen molar-refractivity contribution in [3.63, 3.8) is 0 Å². The molecule has 0 N–H and O–H groups in total. The molecule has 0 bridgehead atoms. The van der Waals surface area contributed by atoms with Crippen molar-refractivity contribution in [1.29, 1.82) is 0 Å². The molecule has 136 valence electrons.